The number of carbonyl (C=O) groups is 4. The Labute approximate surface area is 261 Å². The van der Waals surface area contributed by atoms with Gasteiger partial charge in [-0.25, -0.2) is 9.59 Å². The average molecular weight is 606 g/mol. The van der Waals surface area contributed by atoms with Crippen molar-refractivity contribution >= 4 is 23.8 Å². The second-order valence-electron chi connectivity index (χ2n) is 9.92. The number of aromatic nitrogens is 1. The number of carbonyl (C=O) groups excluding carboxylic acids is 3. The van der Waals surface area contributed by atoms with Crippen molar-refractivity contribution < 1.29 is 29.0 Å². The molecule has 0 aliphatic carbocycles. The number of ether oxygens (including phenoxy) is 1. The first-order chi connectivity index (χ1) is 21.3. The number of hydrogen-bond donors (Lipinski definition) is 3. The van der Waals surface area contributed by atoms with Crippen LogP contribution in [0.5, 0.6) is 0 Å². The van der Waals surface area contributed by atoms with E-state index in [1.807, 2.05) is 12.2 Å². The van der Waals surface area contributed by atoms with E-state index in [0.29, 0.717) is 6.42 Å². The summed E-state index contributed by atoms with van der Waals surface area (Å²) in [6.07, 6.45) is 33.2. The van der Waals surface area contributed by atoms with E-state index >= 15 is 0 Å². The molecular formula is C35H47N3O6. The summed E-state index contributed by atoms with van der Waals surface area (Å²) in [5, 5.41) is 14.4. The lowest BCUT2D eigenvalue weighted by atomic mass is 10.1. The zero-order valence-corrected chi connectivity index (χ0v) is 26.1. The molecule has 3 N–H and O–H groups in total. The molecule has 0 aliphatic heterocycles. The van der Waals surface area contributed by atoms with Gasteiger partial charge in [-0.05, 0) is 70.9 Å². The fraction of sp³-hybridized carbons (Fsp3) is 0.400. The summed E-state index contributed by atoms with van der Waals surface area (Å²) in [5.41, 5.74) is 0.171. The van der Waals surface area contributed by atoms with E-state index in [9.17, 15) is 24.3 Å². The number of aliphatic carboxylic acids is 1. The summed E-state index contributed by atoms with van der Waals surface area (Å²) in [7, 11) is 0. The Morgan fingerprint density at radius 1 is 0.818 bits per heavy atom. The number of nitrogens with one attached hydrogen (secondary N) is 2. The van der Waals surface area contributed by atoms with Crippen LogP contribution in [0.25, 0.3) is 0 Å². The number of rotatable bonds is 21. The molecule has 0 aliphatic rings. The van der Waals surface area contributed by atoms with Crippen molar-refractivity contribution in [3.05, 3.63) is 103 Å². The minimum atomic E-state index is -1.48. The van der Waals surface area contributed by atoms with Crippen molar-refractivity contribution in [3.8, 4) is 0 Å². The Kier molecular flexibility index (Phi) is 20.4. The van der Waals surface area contributed by atoms with Gasteiger partial charge < -0.3 is 20.5 Å². The van der Waals surface area contributed by atoms with Crippen LogP contribution in [-0.4, -0.2) is 52.0 Å². The van der Waals surface area contributed by atoms with Crippen LogP contribution in [0.15, 0.2) is 97.4 Å². The molecule has 0 fully saturated rings. The van der Waals surface area contributed by atoms with Crippen LogP contribution >= 0.6 is 0 Å². The molecule has 1 aromatic heterocycles. The molecule has 238 valence electrons. The molecule has 9 nitrogen and oxygen atoms in total. The zero-order chi connectivity index (χ0) is 32.4. The predicted molar refractivity (Wildman–Crippen MR) is 174 cm³/mol. The van der Waals surface area contributed by atoms with Crippen molar-refractivity contribution in [2.45, 2.75) is 90.3 Å². The van der Waals surface area contributed by atoms with E-state index in [2.05, 4.69) is 83.3 Å². The number of hydrogen-bond acceptors (Lipinski definition) is 6. The Hall–Kier alpha value is -4.53. The van der Waals surface area contributed by atoms with Crippen LogP contribution in [0.3, 0.4) is 0 Å². The highest BCUT2D eigenvalue weighted by molar-refractivity contribution is 5.96. The number of esters is 1. The van der Waals surface area contributed by atoms with Gasteiger partial charge in [0.05, 0.1) is 5.56 Å². The van der Waals surface area contributed by atoms with Gasteiger partial charge in [-0.3, -0.25) is 14.6 Å². The van der Waals surface area contributed by atoms with Crippen molar-refractivity contribution in [1.82, 2.24) is 15.6 Å². The first kappa shape index (κ1) is 37.5. The molecule has 1 heterocycles. The molecule has 2 amide bonds. The second-order valence-corrected chi connectivity index (χ2v) is 9.92. The fourth-order valence-electron chi connectivity index (χ4n) is 3.68. The molecule has 0 bridgehead atoms. The molecule has 3 unspecified atom stereocenters. The van der Waals surface area contributed by atoms with Gasteiger partial charge in [0.25, 0.3) is 5.91 Å². The van der Waals surface area contributed by atoms with E-state index in [0.717, 1.165) is 38.5 Å². The standard InChI is InChI=1S/C35H47N3O6/c1-4-5-6-7-8-9-10-11-12-13-14-15-16-17-18-19-20-21-22-25-31(39)37-28(2)35(43)44-29(3)32(34(41)42)38-33(40)30-24-23-26-36-27-30/h5-6,8-9,11-12,14-15,17-18,20-21,23-24,26-29,32H,4,7,10,13,16,19,22,25H2,1-3H3,(H,37,39)(H,38,40)(H,41,42). The predicted octanol–water partition coefficient (Wildman–Crippen LogP) is 6.18. The molecule has 0 aromatic carbocycles. The molecule has 1 rings (SSSR count). The minimum absolute atomic E-state index is 0.171. The number of amides is 2. The van der Waals surface area contributed by atoms with Crippen LogP contribution in [0, 0.1) is 0 Å². The van der Waals surface area contributed by atoms with Crippen molar-refractivity contribution in [2.24, 2.45) is 0 Å². The number of pyridine rings is 1. The van der Waals surface area contributed by atoms with Crippen molar-refractivity contribution in [1.29, 1.82) is 0 Å². The van der Waals surface area contributed by atoms with E-state index in [-0.39, 0.29) is 17.9 Å². The Bertz CT molecular complexity index is 1180. The molecule has 0 spiro atoms. The zero-order valence-electron chi connectivity index (χ0n) is 26.1. The summed E-state index contributed by atoms with van der Waals surface area (Å²) in [6.45, 7) is 4.94. The average Bonchev–Trinajstić information content (AvgIpc) is 3.00. The summed E-state index contributed by atoms with van der Waals surface area (Å²) < 4.78 is 5.22. The molecular weight excluding hydrogens is 558 g/mol. The van der Waals surface area contributed by atoms with Crippen LogP contribution in [-0.2, 0) is 19.1 Å². The summed E-state index contributed by atoms with van der Waals surface area (Å²) in [4.78, 5) is 52.5. The maximum Gasteiger partial charge on any atom is 0.330 e. The first-order valence-electron chi connectivity index (χ1n) is 15.1. The van der Waals surface area contributed by atoms with Gasteiger partial charge in [-0.15, -0.1) is 0 Å². The third-order valence-corrected chi connectivity index (χ3v) is 6.11. The Morgan fingerprint density at radius 3 is 1.82 bits per heavy atom. The minimum Gasteiger partial charge on any atom is -0.480 e. The van der Waals surface area contributed by atoms with Gasteiger partial charge in [0.2, 0.25) is 5.91 Å². The summed E-state index contributed by atoms with van der Waals surface area (Å²) in [6, 6.07) is 0.553. The maximum atomic E-state index is 12.4. The SMILES string of the molecule is CCC=CCC=CCC=CCC=CCC=CCC=CCCC(=O)NC(C)C(=O)OC(C)C(NC(=O)c1cccnc1)C(=O)O. The van der Waals surface area contributed by atoms with Gasteiger partial charge >= 0.3 is 11.9 Å². The molecule has 9 heteroatoms. The van der Waals surface area contributed by atoms with Crippen molar-refractivity contribution in [2.75, 3.05) is 0 Å². The van der Waals surface area contributed by atoms with E-state index in [1.54, 1.807) is 6.07 Å². The highest BCUT2D eigenvalue weighted by atomic mass is 16.5. The van der Waals surface area contributed by atoms with E-state index in [1.165, 1.54) is 32.3 Å². The monoisotopic (exact) mass is 605 g/mol. The largest absolute Gasteiger partial charge is 0.480 e. The van der Waals surface area contributed by atoms with E-state index in [4.69, 9.17) is 4.74 Å². The lowest BCUT2D eigenvalue weighted by Crippen LogP contribution is -2.50. The van der Waals surface area contributed by atoms with Gasteiger partial charge in [0, 0.05) is 18.8 Å². The topological polar surface area (TPSA) is 135 Å². The molecule has 0 saturated carbocycles. The van der Waals surface area contributed by atoms with Gasteiger partial charge in [-0.1, -0.05) is 79.8 Å². The Balaban J connectivity index is 2.24. The van der Waals surface area contributed by atoms with Crippen LogP contribution in [0.4, 0.5) is 0 Å². The van der Waals surface area contributed by atoms with Crippen LogP contribution in [0.1, 0.15) is 82.5 Å². The molecule has 1 aromatic rings. The highest BCUT2D eigenvalue weighted by Gasteiger charge is 2.31. The lowest BCUT2D eigenvalue weighted by Gasteiger charge is -2.23. The summed E-state index contributed by atoms with van der Waals surface area (Å²) >= 11 is 0. The third-order valence-electron chi connectivity index (χ3n) is 6.11. The molecule has 44 heavy (non-hydrogen) atoms. The van der Waals surface area contributed by atoms with Gasteiger partial charge in [0.15, 0.2) is 6.04 Å². The third kappa shape index (κ3) is 18.1. The molecule has 0 radical (unpaired) electrons. The number of carboxylic acids is 1. The fourth-order valence-corrected chi connectivity index (χ4v) is 3.68. The number of allylic oxidation sites excluding steroid dienone is 12. The highest BCUT2D eigenvalue weighted by Crippen LogP contribution is 2.06. The normalized spacial score (nSPS) is 14.2. The van der Waals surface area contributed by atoms with Crippen molar-refractivity contribution in [3.63, 3.8) is 0 Å². The molecule has 3 atom stereocenters. The van der Waals surface area contributed by atoms with E-state index < -0.39 is 36.0 Å². The number of nitrogens with zero attached hydrogens (tertiary/aromatic N) is 1. The van der Waals surface area contributed by atoms with Crippen LogP contribution < -0.4 is 10.6 Å². The number of carboxylic acid groups (broad SMARTS) is 1. The lowest BCUT2D eigenvalue weighted by molar-refractivity contribution is -0.157. The molecule has 0 saturated heterocycles. The van der Waals surface area contributed by atoms with Crippen LogP contribution in [0.2, 0.25) is 0 Å². The quantitative estimate of drug-likeness (QED) is 0.113. The smallest absolute Gasteiger partial charge is 0.330 e. The maximum absolute atomic E-state index is 12.4. The summed E-state index contributed by atoms with van der Waals surface area (Å²) in [5.74, 6) is -3.16. The van der Waals surface area contributed by atoms with Gasteiger partial charge in [-0.2, -0.15) is 0 Å². The second kappa shape index (κ2) is 24.0. The Morgan fingerprint density at radius 2 is 1.34 bits per heavy atom. The first-order valence-corrected chi connectivity index (χ1v) is 15.1. The van der Waals surface area contributed by atoms with Gasteiger partial charge in [0.1, 0.15) is 12.1 Å².